The lowest BCUT2D eigenvalue weighted by molar-refractivity contribution is 0.233. The Hall–Kier alpha value is -1.78. The minimum absolute atomic E-state index is 0.719. The molecule has 0 radical (unpaired) electrons. The van der Waals surface area contributed by atoms with Gasteiger partial charge in [0.25, 0.3) is 0 Å². The van der Waals surface area contributed by atoms with Gasteiger partial charge in [-0.1, -0.05) is 23.2 Å². The number of hydrogen-bond acceptors (Lipinski definition) is 4. The van der Waals surface area contributed by atoms with E-state index in [9.17, 15) is 0 Å². The highest BCUT2D eigenvalue weighted by atomic mass is 35.5. The third-order valence-corrected chi connectivity index (χ3v) is 6.98. The van der Waals surface area contributed by atoms with Crippen molar-refractivity contribution in [3.63, 3.8) is 0 Å². The van der Waals surface area contributed by atoms with Gasteiger partial charge in [-0.05, 0) is 73.9 Å². The second-order valence-electron chi connectivity index (χ2n) is 8.07. The largest absolute Gasteiger partial charge is 0.399 e. The van der Waals surface area contributed by atoms with Gasteiger partial charge in [-0.3, -0.25) is 0 Å². The molecule has 2 heterocycles. The summed E-state index contributed by atoms with van der Waals surface area (Å²) in [5, 5.41) is 1.51. The molecular formula is C22H28Cl2N4. The number of hydrogen-bond donors (Lipinski definition) is 2. The Morgan fingerprint density at radius 3 is 1.32 bits per heavy atom. The summed E-state index contributed by atoms with van der Waals surface area (Å²) in [7, 11) is 0. The zero-order chi connectivity index (χ0) is 19.7. The highest BCUT2D eigenvalue weighted by Crippen LogP contribution is 2.38. The Labute approximate surface area is 177 Å². The molecular weight excluding hydrogens is 391 g/mol. The van der Waals surface area contributed by atoms with E-state index in [0.29, 0.717) is 0 Å². The maximum Gasteiger partial charge on any atom is 0.0660 e. The standard InChI is InChI=1S/C22H28Cl2N4/c23-19-13-17(25)1-3-21(19)27-9-5-15(6-10-27)16-7-11-28(12-8-16)22-4-2-18(26)14-20(22)24/h1-4,13-16H,5-12,25-26H2. The monoisotopic (exact) mass is 418 g/mol. The van der Waals surface area contributed by atoms with Crippen LogP contribution < -0.4 is 21.3 Å². The van der Waals surface area contributed by atoms with Crippen molar-refractivity contribution < 1.29 is 0 Å². The minimum Gasteiger partial charge on any atom is -0.399 e. The van der Waals surface area contributed by atoms with E-state index < -0.39 is 0 Å². The molecule has 4 rings (SSSR count). The second kappa shape index (κ2) is 8.30. The van der Waals surface area contributed by atoms with Crippen molar-refractivity contribution in [1.29, 1.82) is 0 Å². The first-order chi connectivity index (χ1) is 13.5. The summed E-state index contributed by atoms with van der Waals surface area (Å²) in [6.07, 6.45) is 4.92. The van der Waals surface area contributed by atoms with Gasteiger partial charge in [0.15, 0.2) is 0 Å². The number of rotatable bonds is 3. The van der Waals surface area contributed by atoms with Crippen molar-refractivity contribution in [1.82, 2.24) is 0 Å². The van der Waals surface area contributed by atoms with Crippen LogP contribution in [0.25, 0.3) is 0 Å². The molecule has 2 aliphatic heterocycles. The molecule has 0 amide bonds. The molecule has 0 aliphatic carbocycles. The van der Waals surface area contributed by atoms with Crippen LogP contribution in [0.3, 0.4) is 0 Å². The predicted octanol–water partition coefficient (Wildman–Crippen LogP) is 5.29. The molecule has 0 unspecified atom stereocenters. The number of halogens is 2. The third-order valence-electron chi connectivity index (χ3n) is 6.37. The molecule has 4 nitrogen and oxygen atoms in total. The number of piperidine rings is 2. The highest BCUT2D eigenvalue weighted by molar-refractivity contribution is 6.33. The fraction of sp³-hybridized carbons (Fsp3) is 0.455. The third kappa shape index (κ3) is 4.13. The van der Waals surface area contributed by atoms with E-state index in [1.54, 1.807) is 0 Å². The van der Waals surface area contributed by atoms with E-state index in [4.69, 9.17) is 34.7 Å². The molecule has 28 heavy (non-hydrogen) atoms. The molecule has 0 aromatic heterocycles. The Balaban J connectivity index is 1.31. The summed E-state index contributed by atoms with van der Waals surface area (Å²) in [5.41, 5.74) is 15.3. The van der Waals surface area contributed by atoms with Crippen LogP contribution in [0.1, 0.15) is 25.7 Å². The normalized spacial score (nSPS) is 19.2. The summed E-state index contributed by atoms with van der Waals surface area (Å²) < 4.78 is 0. The Morgan fingerprint density at radius 1 is 0.643 bits per heavy atom. The lowest BCUT2D eigenvalue weighted by atomic mass is 9.78. The number of benzene rings is 2. The first-order valence-electron chi connectivity index (χ1n) is 10.1. The molecule has 0 spiro atoms. The van der Waals surface area contributed by atoms with Crippen LogP contribution in [-0.4, -0.2) is 26.2 Å². The van der Waals surface area contributed by atoms with Crippen LogP contribution in [0.15, 0.2) is 36.4 Å². The lowest BCUT2D eigenvalue weighted by Gasteiger charge is -2.41. The fourth-order valence-electron chi connectivity index (χ4n) is 4.78. The lowest BCUT2D eigenvalue weighted by Crippen LogP contribution is -2.41. The Bertz CT molecular complexity index is 756. The molecule has 2 saturated heterocycles. The number of nitrogen functional groups attached to an aromatic ring is 2. The molecule has 0 atom stereocenters. The summed E-state index contributed by atoms with van der Waals surface area (Å²) in [5.74, 6) is 1.60. The van der Waals surface area contributed by atoms with Gasteiger partial charge < -0.3 is 21.3 Å². The van der Waals surface area contributed by atoms with Crippen molar-refractivity contribution in [2.45, 2.75) is 25.7 Å². The zero-order valence-electron chi connectivity index (χ0n) is 16.1. The molecule has 2 aromatic carbocycles. The molecule has 2 fully saturated rings. The molecule has 0 bridgehead atoms. The summed E-state index contributed by atoms with van der Waals surface area (Å²) in [6, 6.07) is 11.7. The highest BCUT2D eigenvalue weighted by Gasteiger charge is 2.30. The maximum absolute atomic E-state index is 6.40. The summed E-state index contributed by atoms with van der Waals surface area (Å²) >= 11 is 12.8. The number of nitrogens with zero attached hydrogens (tertiary/aromatic N) is 2. The van der Waals surface area contributed by atoms with Crippen LogP contribution in [-0.2, 0) is 0 Å². The van der Waals surface area contributed by atoms with Gasteiger partial charge in [-0.2, -0.15) is 0 Å². The van der Waals surface area contributed by atoms with Crippen LogP contribution in [0.2, 0.25) is 10.0 Å². The van der Waals surface area contributed by atoms with Crippen molar-refractivity contribution in [3.8, 4) is 0 Å². The van der Waals surface area contributed by atoms with E-state index in [1.165, 1.54) is 25.7 Å². The SMILES string of the molecule is Nc1ccc(N2CCC(C3CCN(c4ccc(N)cc4Cl)CC3)CC2)c(Cl)c1. The zero-order valence-corrected chi connectivity index (χ0v) is 17.6. The number of anilines is 4. The fourth-order valence-corrected chi connectivity index (χ4v) is 5.40. The Morgan fingerprint density at radius 2 is 1.00 bits per heavy atom. The van der Waals surface area contributed by atoms with Gasteiger partial charge in [0.1, 0.15) is 0 Å². The minimum atomic E-state index is 0.719. The average Bonchev–Trinajstić information content (AvgIpc) is 2.69. The van der Waals surface area contributed by atoms with Crippen molar-refractivity contribution >= 4 is 46.0 Å². The van der Waals surface area contributed by atoms with Crippen LogP contribution in [0, 0.1) is 11.8 Å². The van der Waals surface area contributed by atoms with Crippen LogP contribution in [0.5, 0.6) is 0 Å². The van der Waals surface area contributed by atoms with Crippen molar-refractivity contribution in [3.05, 3.63) is 46.4 Å². The molecule has 150 valence electrons. The van der Waals surface area contributed by atoms with E-state index in [1.807, 2.05) is 36.4 Å². The van der Waals surface area contributed by atoms with Crippen LogP contribution in [0.4, 0.5) is 22.7 Å². The maximum atomic E-state index is 6.40. The first-order valence-corrected chi connectivity index (χ1v) is 10.9. The van der Waals surface area contributed by atoms with Gasteiger partial charge in [0, 0.05) is 37.6 Å². The summed E-state index contributed by atoms with van der Waals surface area (Å²) in [6.45, 7) is 4.27. The molecule has 2 aromatic rings. The molecule has 0 saturated carbocycles. The van der Waals surface area contributed by atoms with Gasteiger partial charge in [0.2, 0.25) is 0 Å². The predicted molar refractivity (Wildman–Crippen MR) is 122 cm³/mol. The molecule has 4 N–H and O–H groups in total. The van der Waals surface area contributed by atoms with Gasteiger partial charge in [-0.25, -0.2) is 0 Å². The van der Waals surface area contributed by atoms with Crippen molar-refractivity contribution in [2.75, 3.05) is 47.4 Å². The van der Waals surface area contributed by atoms with E-state index in [2.05, 4.69) is 9.80 Å². The quantitative estimate of drug-likeness (QED) is 0.664. The van der Waals surface area contributed by atoms with E-state index >= 15 is 0 Å². The van der Waals surface area contributed by atoms with Crippen molar-refractivity contribution in [2.24, 2.45) is 11.8 Å². The topological polar surface area (TPSA) is 58.5 Å². The smallest absolute Gasteiger partial charge is 0.0660 e. The van der Waals surface area contributed by atoms with Gasteiger partial charge in [0.05, 0.1) is 21.4 Å². The second-order valence-corrected chi connectivity index (χ2v) is 8.89. The van der Waals surface area contributed by atoms with Crippen LogP contribution >= 0.6 is 23.2 Å². The molecule has 6 heteroatoms. The van der Waals surface area contributed by atoms with Gasteiger partial charge >= 0.3 is 0 Å². The average molecular weight is 419 g/mol. The molecule has 2 aliphatic rings. The number of nitrogens with two attached hydrogens (primary N) is 2. The Kier molecular flexibility index (Phi) is 5.79. The van der Waals surface area contributed by atoms with Gasteiger partial charge in [-0.15, -0.1) is 0 Å². The first kappa shape index (κ1) is 19.5. The summed E-state index contributed by atoms with van der Waals surface area (Å²) in [4.78, 5) is 4.81. The van der Waals surface area contributed by atoms with E-state index in [-0.39, 0.29) is 0 Å². The van der Waals surface area contributed by atoms with E-state index in [0.717, 1.165) is 70.8 Å².